The molecule has 110 valence electrons. The smallest absolute Gasteiger partial charge is 0.289 e. The Morgan fingerprint density at radius 1 is 1.43 bits per heavy atom. The van der Waals surface area contributed by atoms with Crippen molar-refractivity contribution in [2.75, 3.05) is 24.2 Å². The molecule has 0 radical (unpaired) electrons. The predicted octanol–water partition coefficient (Wildman–Crippen LogP) is 2.72. The molecule has 21 heavy (non-hydrogen) atoms. The van der Waals surface area contributed by atoms with Crippen LogP contribution in [0.4, 0.5) is 17.2 Å². The Bertz CT molecular complexity index is 651. The summed E-state index contributed by atoms with van der Waals surface area (Å²) in [6.07, 6.45) is 1.15. The molecule has 0 fully saturated rings. The van der Waals surface area contributed by atoms with Crippen molar-refractivity contribution in [1.82, 2.24) is 4.98 Å². The maximum atomic E-state index is 10.6. The average Bonchev–Trinajstić information content (AvgIpc) is 2.45. The van der Waals surface area contributed by atoms with Gasteiger partial charge in [0.25, 0.3) is 5.69 Å². The maximum Gasteiger partial charge on any atom is 0.289 e. The Balaban J connectivity index is 1.85. The van der Waals surface area contributed by atoms with Crippen molar-refractivity contribution in [3.63, 3.8) is 0 Å². The molecule has 0 atom stereocenters. The van der Waals surface area contributed by atoms with E-state index in [0.29, 0.717) is 30.4 Å². The first-order chi connectivity index (χ1) is 10.1. The van der Waals surface area contributed by atoms with Gasteiger partial charge >= 0.3 is 0 Å². The standard InChI is InChI=1S/C13H13ClN4O3/c14-12-7-10(18(19)20)8-17-13(12)16-4-5-21-11-3-1-2-9(15)6-11/h1-3,6-8H,4-5,15H2,(H,16,17). The van der Waals surface area contributed by atoms with Gasteiger partial charge in [0.2, 0.25) is 0 Å². The first kappa shape index (κ1) is 14.9. The van der Waals surface area contributed by atoms with Crippen LogP contribution in [0, 0.1) is 10.1 Å². The normalized spacial score (nSPS) is 10.1. The fourth-order valence-electron chi connectivity index (χ4n) is 1.60. The van der Waals surface area contributed by atoms with E-state index >= 15 is 0 Å². The highest BCUT2D eigenvalue weighted by Gasteiger charge is 2.10. The number of benzene rings is 1. The molecule has 0 spiro atoms. The van der Waals surface area contributed by atoms with E-state index in [1.165, 1.54) is 6.07 Å². The third-order valence-corrected chi connectivity index (χ3v) is 2.85. The summed E-state index contributed by atoms with van der Waals surface area (Å²) in [6.45, 7) is 0.817. The number of nitrogens with two attached hydrogens (primary N) is 1. The zero-order valence-electron chi connectivity index (χ0n) is 11.0. The monoisotopic (exact) mass is 308 g/mol. The number of nitrogens with one attached hydrogen (secondary N) is 1. The second-order valence-corrected chi connectivity index (χ2v) is 4.54. The summed E-state index contributed by atoms with van der Waals surface area (Å²) in [5.74, 6) is 1.04. The van der Waals surface area contributed by atoms with Gasteiger partial charge in [-0.2, -0.15) is 0 Å². The molecule has 0 unspecified atom stereocenters. The number of hydrogen-bond donors (Lipinski definition) is 2. The summed E-state index contributed by atoms with van der Waals surface area (Å²) < 4.78 is 5.49. The van der Waals surface area contributed by atoms with Crippen molar-refractivity contribution in [2.24, 2.45) is 0 Å². The molecule has 0 aliphatic carbocycles. The molecule has 1 heterocycles. The van der Waals surface area contributed by atoms with Gasteiger partial charge in [-0.05, 0) is 12.1 Å². The van der Waals surface area contributed by atoms with Gasteiger partial charge in [0.1, 0.15) is 24.4 Å². The lowest BCUT2D eigenvalue weighted by Crippen LogP contribution is -2.12. The highest BCUT2D eigenvalue weighted by Crippen LogP contribution is 2.23. The minimum Gasteiger partial charge on any atom is -0.492 e. The largest absolute Gasteiger partial charge is 0.492 e. The molecule has 0 saturated carbocycles. The van der Waals surface area contributed by atoms with E-state index in [0.717, 1.165) is 6.20 Å². The molecule has 0 bridgehead atoms. The number of nitrogens with zero attached hydrogens (tertiary/aromatic N) is 2. The molecule has 0 aliphatic heterocycles. The predicted molar refractivity (Wildman–Crippen MR) is 80.7 cm³/mol. The SMILES string of the molecule is Nc1cccc(OCCNc2ncc([N+](=O)[O-])cc2Cl)c1. The van der Waals surface area contributed by atoms with E-state index in [1.54, 1.807) is 24.3 Å². The molecule has 0 saturated heterocycles. The van der Waals surface area contributed by atoms with E-state index in [2.05, 4.69) is 10.3 Å². The lowest BCUT2D eigenvalue weighted by molar-refractivity contribution is -0.385. The minimum absolute atomic E-state index is 0.151. The van der Waals surface area contributed by atoms with Gasteiger partial charge in [-0.25, -0.2) is 4.98 Å². The molecule has 0 amide bonds. The third kappa shape index (κ3) is 4.22. The van der Waals surface area contributed by atoms with Crippen LogP contribution >= 0.6 is 11.6 Å². The molecule has 1 aromatic heterocycles. The molecule has 8 heteroatoms. The van der Waals surface area contributed by atoms with E-state index in [4.69, 9.17) is 22.1 Å². The second kappa shape index (κ2) is 6.76. The molecule has 2 aromatic rings. The Morgan fingerprint density at radius 2 is 2.24 bits per heavy atom. The number of nitro groups is 1. The van der Waals surface area contributed by atoms with Gasteiger partial charge in [0.15, 0.2) is 0 Å². The van der Waals surface area contributed by atoms with E-state index in [1.807, 2.05) is 0 Å². The van der Waals surface area contributed by atoms with Crippen LogP contribution in [0.3, 0.4) is 0 Å². The fourth-order valence-corrected chi connectivity index (χ4v) is 1.83. The number of halogens is 1. The van der Waals surface area contributed by atoms with Crippen LogP contribution in [0.15, 0.2) is 36.5 Å². The number of nitrogen functional groups attached to an aromatic ring is 1. The molecular formula is C13H13ClN4O3. The second-order valence-electron chi connectivity index (χ2n) is 4.13. The number of rotatable bonds is 6. The summed E-state index contributed by atoms with van der Waals surface area (Å²) in [5.41, 5.74) is 6.11. The molecule has 7 nitrogen and oxygen atoms in total. The summed E-state index contributed by atoms with van der Waals surface area (Å²) in [6, 6.07) is 8.33. The van der Waals surface area contributed by atoms with Crippen LogP contribution < -0.4 is 15.8 Å². The molecule has 3 N–H and O–H groups in total. The summed E-state index contributed by atoms with van der Waals surface area (Å²) >= 11 is 5.90. The maximum absolute atomic E-state index is 10.6. The number of ether oxygens (including phenoxy) is 1. The van der Waals surface area contributed by atoms with Gasteiger partial charge in [0.05, 0.1) is 16.5 Å². The van der Waals surface area contributed by atoms with E-state index < -0.39 is 4.92 Å². The zero-order valence-corrected chi connectivity index (χ0v) is 11.7. The Hall–Kier alpha value is -2.54. The highest BCUT2D eigenvalue weighted by molar-refractivity contribution is 6.33. The lowest BCUT2D eigenvalue weighted by Gasteiger charge is -2.09. The van der Waals surface area contributed by atoms with E-state index in [-0.39, 0.29) is 10.7 Å². The quantitative estimate of drug-likeness (QED) is 0.368. The van der Waals surface area contributed by atoms with Crippen molar-refractivity contribution >= 4 is 28.8 Å². The number of hydrogen-bond acceptors (Lipinski definition) is 6. The fraction of sp³-hybridized carbons (Fsp3) is 0.154. The number of pyridine rings is 1. The first-order valence-electron chi connectivity index (χ1n) is 6.08. The van der Waals surface area contributed by atoms with Crippen LogP contribution in [0.5, 0.6) is 5.75 Å². The molecule has 0 aliphatic rings. The van der Waals surface area contributed by atoms with Crippen LogP contribution in [-0.4, -0.2) is 23.1 Å². The van der Waals surface area contributed by atoms with Gasteiger partial charge in [0, 0.05) is 17.8 Å². The van der Waals surface area contributed by atoms with E-state index in [9.17, 15) is 10.1 Å². The van der Waals surface area contributed by atoms with Gasteiger partial charge in [-0.1, -0.05) is 17.7 Å². The van der Waals surface area contributed by atoms with Gasteiger partial charge < -0.3 is 15.8 Å². The molecule has 2 rings (SSSR count). The molecule has 1 aromatic carbocycles. The van der Waals surface area contributed by atoms with Crippen molar-refractivity contribution in [3.05, 3.63) is 51.7 Å². The van der Waals surface area contributed by atoms with Crippen LogP contribution in [0.25, 0.3) is 0 Å². The summed E-state index contributed by atoms with van der Waals surface area (Å²) in [5, 5.41) is 13.7. The molecular weight excluding hydrogens is 296 g/mol. The van der Waals surface area contributed by atoms with Crippen LogP contribution in [0.1, 0.15) is 0 Å². The Morgan fingerprint density at radius 3 is 2.90 bits per heavy atom. The van der Waals surface area contributed by atoms with Gasteiger partial charge in [-0.3, -0.25) is 10.1 Å². The zero-order chi connectivity index (χ0) is 15.2. The first-order valence-corrected chi connectivity index (χ1v) is 6.46. The minimum atomic E-state index is -0.550. The highest BCUT2D eigenvalue weighted by atomic mass is 35.5. The van der Waals surface area contributed by atoms with Crippen LogP contribution in [0.2, 0.25) is 5.02 Å². The average molecular weight is 309 g/mol. The summed E-state index contributed by atoms with van der Waals surface area (Å²) in [4.78, 5) is 13.9. The van der Waals surface area contributed by atoms with Gasteiger partial charge in [-0.15, -0.1) is 0 Å². The van der Waals surface area contributed by atoms with Crippen molar-refractivity contribution in [1.29, 1.82) is 0 Å². The van der Waals surface area contributed by atoms with Crippen molar-refractivity contribution in [3.8, 4) is 5.75 Å². The van der Waals surface area contributed by atoms with Crippen LogP contribution in [-0.2, 0) is 0 Å². The third-order valence-electron chi connectivity index (χ3n) is 2.56. The Labute approximate surface area is 125 Å². The van der Waals surface area contributed by atoms with Crippen molar-refractivity contribution < 1.29 is 9.66 Å². The summed E-state index contributed by atoms with van der Waals surface area (Å²) in [7, 11) is 0. The number of aromatic nitrogens is 1. The lowest BCUT2D eigenvalue weighted by atomic mass is 10.3. The van der Waals surface area contributed by atoms with Crippen molar-refractivity contribution in [2.45, 2.75) is 0 Å². The Kier molecular flexibility index (Phi) is 4.78. The topological polar surface area (TPSA) is 103 Å². The number of anilines is 2.